The quantitative estimate of drug-likeness (QED) is 0.523. The van der Waals surface area contributed by atoms with Crippen molar-refractivity contribution in [3.63, 3.8) is 0 Å². The van der Waals surface area contributed by atoms with Crippen molar-refractivity contribution in [2.24, 2.45) is 0 Å². The van der Waals surface area contributed by atoms with E-state index in [1.807, 2.05) is 0 Å². The largest absolute Gasteiger partial charge is 0.0952 e. The summed E-state index contributed by atoms with van der Waals surface area (Å²) in [5.74, 6) is 0. The van der Waals surface area contributed by atoms with Gasteiger partial charge >= 0.3 is 0 Å². The maximum Gasteiger partial charge on any atom is -0.0198 e. The van der Waals surface area contributed by atoms with Crippen LogP contribution in [0.1, 0.15) is 36.0 Å². The monoisotopic (exact) mass is 172 g/mol. The average Bonchev–Trinajstić information content (AvgIpc) is 2.28. The molecule has 1 aliphatic carbocycles. The highest BCUT2D eigenvalue weighted by Crippen LogP contribution is 2.28. The van der Waals surface area contributed by atoms with Crippen LogP contribution in [0.4, 0.5) is 0 Å². The molecule has 0 aromatic heterocycles. The second kappa shape index (κ2) is 3.37. The van der Waals surface area contributed by atoms with Gasteiger partial charge in [-0.25, -0.2) is 0 Å². The van der Waals surface area contributed by atoms with Gasteiger partial charge in [-0.2, -0.15) is 0 Å². The van der Waals surface area contributed by atoms with Crippen molar-refractivity contribution in [3.05, 3.63) is 41.5 Å². The normalized spacial score (nSPS) is 16.5. The van der Waals surface area contributed by atoms with Crippen LogP contribution in [0.5, 0.6) is 0 Å². The lowest BCUT2D eigenvalue weighted by atomic mass is 9.98. The van der Waals surface area contributed by atoms with E-state index in [1.165, 1.54) is 47.9 Å². The molecule has 68 valence electrons. The van der Waals surface area contributed by atoms with Gasteiger partial charge < -0.3 is 0 Å². The van der Waals surface area contributed by atoms with E-state index in [0.29, 0.717) is 0 Å². The third kappa shape index (κ3) is 1.67. The van der Waals surface area contributed by atoms with Crippen molar-refractivity contribution in [2.75, 3.05) is 0 Å². The van der Waals surface area contributed by atoms with E-state index in [9.17, 15) is 0 Å². The van der Waals surface area contributed by atoms with E-state index in [1.54, 1.807) is 0 Å². The first-order valence-corrected chi connectivity index (χ1v) is 5.05. The molecule has 0 spiro atoms. The zero-order chi connectivity index (χ0) is 9.26. The highest BCUT2D eigenvalue weighted by atomic mass is 14.1. The van der Waals surface area contributed by atoms with Crippen molar-refractivity contribution in [2.45, 2.75) is 32.6 Å². The lowest BCUT2D eigenvalue weighted by Crippen LogP contribution is -1.90. The first-order valence-electron chi connectivity index (χ1n) is 5.05. The van der Waals surface area contributed by atoms with Gasteiger partial charge in [0.05, 0.1) is 0 Å². The van der Waals surface area contributed by atoms with Gasteiger partial charge in [0.25, 0.3) is 0 Å². The number of allylic oxidation sites excluding steroid dienone is 1. The summed E-state index contributed by atoms with van der Waals surface area (Å²) >= 11 is 0. The molecule has 0 bridgehead atoms. The number of rotatable bonds is 0. The summed E-state index contributed by atoms with van der Waals surface area (Å²) in [5.41, 5.74) is 5.60. The molecule has 13 heavy (non-hydrogen) atoms. The lowest BCUT2D eigenvalue weighted by molar-refractivity contribution is 0.771. The first kappa shape index (κ1) is 8.55. The highest BCUT2D eigenvalue weighted by molar-refractivity contribution is 5.67. The van der Waals surface area contributed by atoms with Crippen LogP contribution in [0.15, 0.2) is 24.8 Å². The summed E-state index contributed by atoms with van der Waals surface area (Å²) in [7, 11) is 0. The molecular weight excluding hydrogens is 156 g/mol. The molecule has 1 aromatic carbocycles. The van der Waals surface area contributed by atoms with Gasteiger partial charge in [-0.15, -0.1) is 0 Å². The Morgan fingerprint density at radius 1 is 1.15 bits per heavy atom. The molecule has 0 heteroatoms. The van der Waals surface area contributed by atoms with Crippen LogP contribution >= 0.6 is 0 Å². The van der Waals surface area contributed by atoms with Crippen LogP contribution in [0.2, 0.25) is 0 Å². The van der Waals surface area contributed by atoms with Crippen molar-refractivity contribution in [1.29, 1.82) is 0 Å². The van der Waals surface area contributed by atoms with E-state index in [-0.39, 0.29) is 0 Å². The van der Waals surface area contributed by atoms with Crippen LogP contribution in [-0.2, 0) is 6.42 Å². The molecule has 0 amide bonds. The summed E-state index contributed by atoms with van der Waals surface area (Å²) in [6.07, 6.45) is 5.02. The second-order valence-corrected chi connectivity index (χ2v) is 3.97. The number of hydrogen-bond acceptors (Lipinski definition) is 0. The summed E-state index contributed by atoms with van der Waals surface area (Å²) in [5, 5.41) is 0. The fraction of sp³-hybridized carbons (Fsp3) is 0.385. The number of hydrogen-bond donors (Lipinski definition) is 0. The third-order valence-corrected chi connectivity index (χ3v) is 2.82. The minimum Gasteiger partial charge on any atom is -0.0952 e. The second-order valence-electron chi connectivity index (χ2n) is 3.97. The van der Waals surface area contributed by atoms with Gasteiger partial charge in [-0.1, -0.05) is 30.3 Å². The standard InChI is InChI=1S/C13H16/c1-10-7-8-13-11(2)5-3-4-6-12(13)9-10/h7-9H,2-6H2,1H3. The maximum atomic E-state index is 4.15. The van der Waals surface area contributed by atoms with E-state index in [4.69, 9.17) is 0 Å². The van der Waals surface area contributed by atoms with Gasteiger partial charge in [0.1, 0.15) is 0 Å². The topological polar surface area (TPSA) is 0 Å². The molecule has 0 aliphatic heterocycles. The van der Waals surface area contributed by atoms with Crippen LogP contribution < -0.4 is 0 Å². The Kier molecular flexibility index (Phi) is 2.22. The Balaban J connectivity index is 2.48. The van der Waals surface area contributed by atoms with Gasteiger partial charge in [-0.3, -0.25) is 0 Å². The smallest absolute Gasteiger partial charge is 0.0198 e. The minimum absolute atomic E-state index is 1.18. The average molecular weight is 172 g/mol. The Labute approximate surface area is 80.3 Å². The Morgan fingerprint density at radius 3 is 2.77 bits per heavy atom. The zero-order valence-corrected chi connectivity index (χ0v) is 8.27. The molecule has 0 heterocycles. The minimum atomic E-state index is 1.18. The molecule has 0 saturated heterocycles. The Bertz CT molecular complexity index is 334. The summed E-state index contributed by atoms with van der Waals surface area (Å²) in [6, 6.07) is 6.74. The number of benzene rings is 1. The van der Waals surface area contributed by atoms with Gasteiger partial charge in [0.15, 0.2) is 0 Å². The highest BCUT2D eigenvalue weighted by Gasteiger charge is 2.10. The van der Waals surface area contributed by atoms with Gasteiger partial charge in [0, 0.05) is 0 Å². The molecule has 2 rings (SSSR count). The van der Waals surface area contributed by atoms with Crippen molar-refractivity contribution >= 4 is 5.57 Å². The van der Waals surface area contributed by atoms with Crippen molar-refractivity contribution in [1.82, 2.24) is 0 Å². The molecular formula is C13H16. The van der Waals surface area contributed by atoms with Crippen LogP contribution in [0.25, 0.3) is 5.57 Å². The summed E-state index contributed by atoms with van der Waals surface area (Å²) in [6.45, 7) is 6.31. The van der Waals surface area contributed by atoms with Crippen LogP contribution in [0.3, 0.4) is 0 Å². The Morgan fingerprint density at radius 2 is 1.92 bits per heavy atom. The summed E-state index contributed by atoms with van der Waals surface area (Å²) in [4.78, 5) is 0. The van der Waals surface area contributed by atoms with E-state index in [2.05, 4.69) is 31.7 Å². The SMILES string of the molecule is C=C1CCCCc2cc(C)ccc21. The van der Waals surface area contributed by atoms with E-state index < -0.39 is 0 Å². The number of aryl methyl sites for hydroxylation is 2. The molecule has 1 aliphatic rings. The molecule has 0 nitrogen and oxygen atoms in total. The van der Waals surface area contributed by atoms with Crippen LogP contribution in [-0.4, -0.2) is 0 Å². The molecule has 0 saturated carbocycles. The molecule has 0 fully saturated rings. The Hall–Kier alpha value is -1.04. The van der Waals surface area contributed by atoms with Crippen molar-refractivity contribution < 1.29 is 0 Å². The maximum absolute atomic E-state index is 4.15. The summed E-state index contributed by atoms with van der Waals surface area (Å²) < 4.78 is 0. The zero-order valence-electron chi connectivity index (χ0n) is 8.27. The lowest BCUT2D eigenvalue weighted by Gasteiger charge is -2.07. The first-order chi connectivity index (χ1) is 6.27. The van der Waals surface area contributed by atoms with Gasteiger partial charge in [0.2, 0.25) is 0 Å². The van der Waals surface area contributed by atoms with E-state index >= 15 is 0 Å². The fourth-order valence-electron chi connectivity index (χ4n) is 2.06. The van der Waals surface area contributed by atoms with Gasteiger partial charge in [-0.05, 0) is 49.3 Å². The third-order valence-electron chi connectivity index (χ3n) is 2.82. The fourth-order valence-corrected chi connectivity index (χ4v) is 2.06. The van der Waals surface area contributed by atoms with Crippen LogP contribution in [0, 0.1) is 6.92 Å². The molecule has 0 atom stereocenters. The number of fused-ring (bicyclic) bond motifs is 1. The van der Waals surface area contributed by atoms with Crippen molar-refractivity contribution in [3.8, 4) is 0 Å². The van der Waals surface area contributed by atoms with E-state index in [0.717, 1.165) is 0 Å². The molecule has 0 N–H and O–H groups in total. The predicted molar refractivity (Wildman–Crippen MR) is 57.8 cm³/mol. The predicted octanol–water partition coefficient (Wildman–Crippen LogP) is 3.73. The molecule has 1 aromatic rings. The molecule has 0 radical (unpaired) electrons. The molecule has 0 unspecified atom stereocenters.